The second kappa shape index (κ2) is 22.0. The van der Waals surface area contributed by atoms with Crippen molar-refractivity contribution in [1.29, 1.82) is 0 Å². The van der Waals surface area contributed by atoms with Gasteiger partial charge in [-0.15, -0.1) is 60.7 Å². The Morgan fingerprint density at radius 3 is 0.750 bits per heavy atom. The van der Waals surface area contributed by atoms with Gasteiger partial charge in [-0.3, -0.25) is 0 Å². The van der Waals surface area contributed by atoms with Crippen LogP contribution in [-0.4, -0.2) is 68.7 Å². The van der Waals surface area contributed by atoms with Crippen molar-refractivity contribution in [1.82, 2.24) is 0 Å². The Bertz CT molecular complexity index is 603. The van der Waals surface area contributed by atoms with Gasteiger partial charge in [0.05, 0.1) is 0 Å². The van der Waals surface area contributed by atoms with Crippen molar-refractivity contribution in [2.45, 2.75) is 58.3 Å². The van der Waals surface area contributed by atoms with Crippen LogP contribution >= 0.6 is 0 Å². The van der Waals surface area contributed by atoms with E-state index >= 15 is 0 Å². The first kappa shape index (κ1) is 35.8. The number of rotatable bonds is 18. The van der Waals surface area contributed by atoms with E-state index in [1.54, 1.807) is 20.8 Å². The highest BCUT2D eigenvalue weighted by Gasteiger charge is 2.14. The van der Waals surface area contributed by atoms with E-state index in [2.05, 4.69) is 29.0 Å². The summed E-state index contributed by atoms with van der Waals surface area (Å²) in [5, 5.41) is 52.2. The molecule has 3 atom stereocenters. The molecule has 0 rings (SSSR count). The highest BCUT2D eigenvalue weighted by molar-refractivity contribution is 4.49. The van der Waals surface area contributed by atoms with Gasteiger partial charge in [0, 0.05) is 0 Å². The number of hydrogen-bond donors (Lipinski definition) is 0. The normalized spacial score (nSPS) is 11.8. The molecule has 0 aliphatic rings. The third-order valence-electron chi connectivity index (χ3n) is 3.17. The Morgan fingerprint density at radius 1 is 0.444 bits per heavy atom. The van der Waals surface area contributed by atoms with Crippen molar-refractivity contribution >= 4 is 0 Å². The van der Waals surface area contributed by atoms with E-state index in [4.69, 9.17) is 0 Å². The lowest BCUT2D eigenvalue weighted by Crippen LogP contribution is -2.23. The summed E-state index contributed by atoms with van der Waals surface area (Å²) in [6.45, 7) is 3.51. The van der Waals surface area contributed by atoms with Gasteiger partial charge in [0.2, 0.25) is 0 Å². The summed E-state index contributed by atoms with van der Waals surface area (Å²) in [4.78, 5) is 82.1. The average Bonchev–Trinajstić information content (AvgIpc) is 2.76. The fourth-order valence-electron chi connectivity index (χ4n) is 1.47. The Hall–Kier alpha value is -4.80. The molecule has 210 valence electrons. The van der Waals surface area contributed by atoms with Crippen molar-refractivity contribution in [3.63, 3.8) is 0 Å². The smallest absolute Gasteiger partial charge is 0.294 e. The Balaban J connectivity index is -0.000000454. The molecule has 0 spiro atoms. The molecule has 0 heterocycles. The lowest BCUT2D eigenvalue weighted by Gasteiger charge is -2.09. The third kappa shape index (κ3) is 29.2. The van der Waals surface area contributed by atoms with E-state index in [1.807, 2.05) is 0 Å². The number of hydrogen-bond acceptors (Lipinski definition) is 18. The topological polar surface area (TPSA) is 314 Å². The molecule has 24 heteroatoms. The van der Waals surface area contributed by atoms with Crippen molar-refractivity contribution < 1.29 is 59.5 Å². The van der Waals surface area contributed by atoms with Crippen molar-refractivity contribution in [3.8, 4) is 0 Å². The molecule has 0 amide bonds. The van der Waals surface area contributed by atoms with Crippen LogP contribution in [0.2, 0.25) is 0 Å². The van der Waals surface area contributed by atoms with Crippen LogP contribution in [0, 0.1) is 60.7 Å². The van der Waals surface area contributed by atoms with Gasteiger partial charge < -0.3 is 29.0 Å². The van der Waals surface area contributed by atoms with Crippen LogP contribution in [0.25, 0.3) is 0 Å². The predicted molar refractivity (Wildman–Crippen MR) is 105 cm³/mol. The van der Waals surface area contributed by atoms with Crippen LogP contribution in [0.15, 0.2) is 0 Å². The molecule has 0 radical (unpaired) electrons. The molecular formula is C12H24N6O18. The van der Waals surface area contributed by atoms with Gasteiger partial charge in [-0.1, -0.05) is 20.8 Å². The zero-order valence-corrected chi connectivity index (χ0v) is 19.0. The van der Waals surface area contributed by atoms with Crippen molar-refractivity contribution in [2.24, 2.45) is 0 Å². The standard InChI is InChI=1S/3C4H8N2O6/c3*1-2-4(12-6(9)10)3-11-5(7)8/h3*4H,2-3H2,1H3. The Labute approximate surface area is 199 Å². The molecule has 0 bridgehead atoms. The summed E-state index contributed by atoms with van der Waals surface area (Å²) in [5.41, 5.74) is 0. The first-order valence-corrected chi connectivity index (χ1v) is 9.43. The fourth-order valence-corrected chi connectivity index (χ4v) is 1.47. The van der Waals surface area contributed by atoms with Crippen LogP contribution in [0.5, 0.6) is 0 Å². The maximum Gasteiger partial charge on any atom is 0.294 e. The summed E-state index contributed by atoms with van der Waals surface area (Å²) >= 11 is 0. The van der Waals surface area contributed by atoms with Gasteiger partial charge in [-0.25, -0.2) is 0 Å². The molecule has 3 unspecified atom stereocenters. The van der Waals surface area contributed by atoms with Gasteiger partial charge in [0.1, 0.15) is 38.1 Å². The van der Waals surface area contributed by atoms with Gasteiger partial charge >= 0.3 is 0 Å². The minimum Gasteiger partial charge on any atom is -0.312 e. The largest absolute Gasteiger partial charge is 0.312 e. The minimum absolute atomic E-state index is 0.273. The second-order valence-corrected chi connectivity index (χ2v) is 5.64. The monoisotopic (exact) mass is 540 g/mol. The van der Waals surface area contributed by atoms with Crippen LogP contribution < -0.4 is 0 Å². The molecule has 0 N–H and O–H groups in total. The van der Waals surface area contributed by atoms with Crippen LogP contribution in [0.1, 0.15) is 40.0 Å². The molecule has 0 aliphatic carbocycles. The number of nitrogens with zero attached hydrogens (tertiary/aromatic N) is 6. The van der Waals surface area contributed by atoms with Gasteiger partial charge in [-0.2, -0.15) is 0 Å². The molecule has 24 nitrogen and oxygen atoms in total. The van der Waals surface area contributed by atoms with Crippen LogP contribution in [0.4, 0.5) is 0 Å². The van der Waals surface area contributed by atoms with E-state index in [-0.39, 0.29) is 19.3 Å². The van der Waals surface area contributed by atoms with E-state index < -0.39 is 68.7 Å². The quantitative estimate of drug-likeness (QED) is 0.169. The van der Waals surface area contributed by atoms with E-state index in [0.717, 1.165) is 0 Å². The summed E-state index contributed by atoms with van der Waals surface area (Å²) in [6, 6.07) is 0. The lowest BCUT2D eigenvalue weighted by molar-refractivity contribution is -0.790. The average molecular weight is 540 g/mol. The summed E-state index contributed by atoms with van der Waals surface area (Å²) < 4.78 is 0. The van der Waals surface area contributed by atoms with E-state index in [1.165, 1.54) is 0 Å². The minimum atomic E-state index is -1.02. The first-order valence-electron chi connectivity index (χ1n) is 9.43. The SMILES string of the molecule is CCC(CO[N+](=O)[O-])O[N+](=O)[O-].CCC(CO[N+](=O)[O-])O[N+](=O)[O-].CCC(CO[N+](=O)[O-])O[N+](=O)[O-]. The highest BCUT2D eigenvalue weighted by atomic mass is 17.0. The molecule has 0 aromatic carbocycles. The van der Waals surface area contributed by atoms with E-state index in [0.29, 0.717) is 0 Å². The van der Waals surface area contributed by atoms with Crippen LogP contribution in [0.3, 0.4) is 0 Å². The lowest BCUT2D eigenvalue weighted by atomic mass is 10.3. The molecule has 0 aromatic heterocycles. The van der Waals surface area contributed by atoms with Gasteiger partial charge in [0.25, 0.3) is 30.5 Å². The molecule has 0 aromatic rings. The maximum atomic E-state index is 9.77. The second-order valence-electron chi connectivity index (χ2n) is 5.64. The molecule has 0 saturated heterocycles. The molecule has 36 heavy (non-hydrogen) atoms. The molecular weight excluding hydrogens is 516 g/mol. The van der Waals surface area contributed by atoms with Gasteiger partial charge in [0.15, 0.2) is 0 Å². The van der Waals surface area contributed by atoms with Gasteiger partial charge in [-0.05, 0) is 19.3 Å². The summed E-state index contributed by atoms with van der Waals surface area (Å²) in [7, 11) is 0. The molecule has 0 aliphatic heterocycles. The maximum absolute atomic E-state index is 9.77. The highest BCUT2D eigenvalue weighted by Crippen LogP contribution is 2.00. The third-order valence-corrected chi connectivity index (χ3v) is 3.17. The van der Waals surface area contributed by atoms with Crippen molar-refractivity contribution in [2.75, 3.05) is 19.8 Å². The Morgan fingerprint density at radius 2 is 0.639 bits per heavy atom. The molecule has 0 fully saturated rings. The van der Waals surface area contributed by atoms with Crippen LogP contribution in [-0.2, 0) is 29.0 Å². The zero-order chi connectivity index (χ0) is 28.7. The summed E-state index contributed by atoms with van der Waals surface area (Å²) in [5.74, 6) is 0. The van der Waals surface area contributed by atoms with E-state index in [9.17, 15) is 60.7 Å². The van der Waals surface area contributed by atoms with Crippen molar-refractivity contribution in [3.05, 3.63) is 60.7 Å². The fraction of sp³-hybridized carbons (Fsp3) is 1.00. The summed E-state index contributed by atoms with van der Waals surface area (Å²) in [6.07, 6.45) is -1.83. The predicted octanol–water partition coefficient (Wildman–Crippen LogP) is 0.545. The first-order chi connectivity index (χ1) is 16.7. The Kier molecular flexibility index (Phi) is 21.9. The molecule has 0 saturated carbocycles. The zero-order valence-electron chi connectivity index (χ0n) is 19.0.